The molecule has 0 aliphatic heterocycles. The maximum atomic E-state index is 13.7. The first-order chi connectivity index (χ1) is 9.59. The summed E-state index contributed by atoms with van der Waals surface area (Å²) in [5.41, 5.74) is 2.24. The fourth-order valence-corrected chi connectivity index (χ4v) is 2.42. The molecule has 1 heterocycles. The first kappa shape index (κ1) is 12.4. The zero-order chi connectivity index (χ0) is 14.3. The first-order valence-corrected chi connectivity index (χ1v) is 6.18. The summed E-state index contributed by atoms with van der Waals surface area (Å²) in [7, 11) is 0. The number of aromatic nitrogens is 1. The number of aromatic carboxylic acids is 1. The molecular formula is C16H12FNO2. The van der Waals surface area contributed by atoms with Crippen LogP contribution >= 0.6 is 0 Å². The van der Waals surface area contributed by atoms with Crippen molar-refractivity contribution >= 4 is 16.9 Å². The topological polar surface area (TPSA) is 42.2 Å². The van der Waals surface area contributed by atoms with Crippen LogP contribution in [0.15, 0.2) is 48.7 Å². The normalized spacial score (nSPS) is 10.9. The average molecular weight is 269 g/mol. The van der Waals surface area contributed by atoms with Gasteiger partial charge in [-0.3, -0.25) is 0 Å². The highest BCUT2D eigenvalue weighted by Crippen LogP contribution is 2.26. The van der Waals surface area contributed by atoms with Crippen LogP contribution in [0.1, 0.15) is 15.9 Å². The predicted molar refractivity (Wildman–Crippen MR) is 74.9 cm³/mol. The van der Waals surface area contributed by atoms with Crippen LogP contribution < -0.4 is 0 Å². The smallest absolute Gasteiger partial charge is 0.336 e. The van der Waals surface area contributed by atoms with Crippen LogP contribution in [0.2, 0.25) is 0 Å². The van der Waals surface area contributed by atoms with Gasteiger partial charge >= 0.3 is 5.97 Å². The van der Waals surface area contributed by atoms with Gasteiger partial charge in [-0.25, -0.2) is 9.18 Å². The van der Waals surface area contributed by atoms with E-state index in [1.54, 1.807) is 42.0 Å². The van der Waals surface area contributed by atoms with E-state index in [1.807, 2.05) is 12.1 Å². The fraction of sp³-hybridized carbons (Fsp3) is 0.0625. The molecule has 0 amide bonds. The van der Waals surface area contributed by atoms with E-state index in [9.17, 15) is 14.3 Å². The van der Waals surface area contributed by atoms with Crippen molar-refractivity contribution in [2.45, 2.75) is 6.92 Å². The summed E-state index contributed by atoms with van der Waals surface area (Å²) in [6.45, 7) is 1.71. The summed E-state index contributed by atoms with van der Waals surface area (Å²) >= 11 is 0. The number of nitrogens with zero attached hydrogens (tertiary/aromatic N) is 1. The molecule has 1 N–H and O–H groups in total. The van der Waals surface area contributed by atoms with Crippen molar-refractivity contribution in [3.05, 3.63) is 65.6 Å². The Morgan fingerprint density at radius 2 is 1.90 bits per heavy atom. The Balaban J connectivity index is 2.31. The first-order valence-electron chi connectivity index (χ1n) is 6.18. The highest BCUT2D eigenvalue weighted by atomic mass is 19.1. The second kappa shape index (κ2) is 4.49. The molecule has 0 spiro atoms. The molecule has 0 bridgehead atoms. The van der Waals surface area contributed by atoms with Gasteiger partial charge in [0.2, 0.25) is 0 Å². The van der Waals surface area contributed by atoms with Gasteiger partial charge in [-0.1, -0.05) is 12.1 Å². The number of hydrogen-bond donors (Lipinski definition) is 1. The standard InChI is InChI=1S/C16H12FNO2/c1-10-13(17)5-3-6-14(10)18-9-8-11-12(16(19)20)4-2-7-15(11)18/h2-9H,1H3,(H,19,20). The van der Waals surface area contributed by atoms with E-state index in [0.29, 0.717) is 16.6 Å². The third-order valence-corrected chi connectivity index (χ3v) is 3.46. The van der Waals surface area contributed by atoms with Gasteiger partial charge in [-0.05, 0) is 37.3 Å². The molecule has 3 rings (SSSR count). The second-order valence-corrected chi connectivity index (χ2v) is 4.61. The summed E-state index contributed by atoms with van der Waals surface area (Å²) in [5.74, 6) is -1.25. The van der Waals surface area contributed by atoms with Crippen molar-refractivity contribution < 1.29 is 14.3 Å². The number of benzene rings is 2. The lowest BCUT2D eigenvalue weighted by molar-refractivity contribution is 0.0699. The van der Waals surface area contributed by atoms with Gasteiger partial charge in [0, 0.05) is 17.1 Å². The van der Waals surface area contributed by atoms with E-state index in [1.165, 1.54) is 6.07 Å². The van der Waals surface area contributed by atoms with Crippen LogP contribution in [0.5, 0.6) is 0 Å². The summed E-state index contributed by atoms with van der Waals surface area (Å²) in [5, 5.41) is 9.83. The number of rotatable bonds is 2. The molecule has 0 aliphatic rings. The number of carboxylic acids is 1. The van der Waals surface area contributed by atoms with Crippen molar-refractivity contribution in [2.75, 3.05) is 0 Å². The number of hydrogen-bond acceptors (Lipinski definition) is 1. The van der Waals surface area contributed by atoms with Crippen LogP contribution in [-0.4, -0.2) is 15.6 Å². The van der Waals surface area contributed by atoms with Gasteiger partial charge in [-0.2, -0.15) is 0 Å². The Kier molecular flexibility index (Phi) is 2.79. The van der Waals surface area contributed by atoms with E-state index in [-0.39, 0.29) is 11.4 Å². The largest absolute Gasteiger partial charge is 0.478 e. The van der Waals surface area contributed by atoms with Crippen LogP contribution in [0.25, 0.3) is 16.6 Å². The molecule has 0 unspecified atom stereocenters. The minimum Gasteiger partial charge on any atom is -0.478 e. The Labute approximate surface area is 114 Å². The SMILES string of the molecule is Cc1c(F)cccc1-n1ccc2c(C(=O)O)cccc21. The molecule has 0 saturated carbocycles. The summed E-state index contributed by atoms with van der Waals surface area (Å²) in [6, 6.07) is 11.7. The van der Waals surface area contributed by atoms with Crippen LogP contribution in [-0.2, 0) is 0 Å². The predicted octanol–water partition coefficient (Wildman–Crippen LogP) is 3.78. The Hall–Kier alpha value is -2.62. The van der Waals surface area contributed by atoms with Crippen molar-refractivity contribution in [3.63, 3.8) is 0 Å². The third-order valence-electron chi connectivity index (χ3n) is 3.46. The molecule has 0 radical (unpaired) electrons. The van der Waals surface area contributed by atoms with Crippen LogP contribution in [0.3, 0.4) is 0 Å². The summed E-state index contributed by atoms with van der Waals surface area (Å²) < 4.78 is 15.5. The molecule has 0 atom stereocenters. The molecule has 0 fully saturated rings. The molecular weight excluding hydrogens is 257 g/mol. The quantitative estimate of drug-likeness (QED) is 0.769. The Bertz CT molecular complexity index is 820. The van der Waals surface area contributed by atoms with Gasteiger partial charge in [0.25, 0.3) is 0 Å². The van der Waals surface area contributed by atoms with Crippen molar-refractivity contribution in [3.8, 4) is 5.69 Å². The van der Waals surface area contributed by atoms with E-state index in [0.717, 1.165) is 5.52 Å². The van der Waals surface area contributed by atoms with Gasteiger partial charge in [0.05, 0.1) is 16.8 Å². The Morgan fingerprint density at radius 1 is 1.15 bits per heavy atom. The lowest BCUT2D eigenvalue weighted by Crippen LogP contribution is -1.99. The lowest BCUT2D eigenvalue weighted by atomic mass is 10.1. The second-order valence-electron chi connectivity index (χ2n) is 4.61. The maximum absolute atomic E-state index is 13.7. The number of carbonyl (C=O) groups is 1. The zero-order valence-corrected chi connectivity index (χ0v) is 10.8. The Morgan fingerprint density at radius 3 is 2.65 bits per heavy atom. The summed E-state index contributed by atoms with van der Waals surface area (Å²) in [4.78, 5) is 11.2. The van der Waals surface area contributed by atoms with Gasteiger partial charge in [-0.15, -0.1) is 0 Å². The number of halogens is 1. The van der Waals surface area contributed by atoms with Crippen LogP contribution in [0, 0.1) is 12.7 Å². The van der Waals surface area contributed by atoms with Gasteiger partial charge in [0.15, 0.2) is 0 Å². The highest BCUT2D eigenvalue weighted by molar-refractivity contribution is 6.03. The van der Waals surface area contributed by atoms with Crippen molar-refractivity contribution in [1.29, 1.82) is 0 Å². The third kappa shape index (κ3) is 1.77. The number of fused-ring (bicyclic) bond motifs is 1. The van der Waals surface area contributed by atoms with Gasteiger partial charge < -0.3 is 9.67 Å². The molecule has 0 aliphatic carbocycles. The lowest BCUT2D eigenvalue weighted by Gasteiger charge is -2.10. The van der Waals surface area contributed by atoms with E-state index in [2.05, 4.69) is 0 Å². The van der Waals surface area contributed by atoms with Crippen molar-refractivity contribution in [1.82, 2.24) is 4.57 Å². The van der Waals surface area contributed by atoms with E-state index in [4.69, 9.17) is 0 Å². The monoisotopic (exact) mass is 269 g/mol. The number of carboxylic acid groups (broad SMARTS) is 1. The molecule has 3 aromatic rings. The minimum absolute atomic E-state index is 0.246. The molecule has 20 heavy (non-hydrogen) atoms. The van der Waals surface area contributed by atoms with Gasteiger partial charge in [0.1, 0.15) is 5.82 Å². The zero-order valence-electron chi connectivity index (χ0n) is 10.8. The molecule has 2 aromatic carbocycles. The van der Waals surface area contributed by atoms with E-state index >= 15 is 0 Å². The molecule has 100 valence electrons. The molecule has 1 aromatic heterocycles. The minimum atomic E-state index is -0.968. The molecule has 3 nitrogen and oxygen atoms in total. The highest BCUT2D eigenvalue weighted by Gasteiger charge is 2.13. The van der Waals surface area contributed by atoms with Crippen LogP contribution in [0.4, 0.5) is 4.39 Å². The molecule has 4 heteroatoms. The van der Waals surface area contributed by atoms with Crippen molar-refractivity contribution in [2.24, 2.45) is 0 Å². The molecule has 0 saturated heterocycles. The van der Waals surface area contributed by atoms with E-state index < -0.39 is 5.97 Å². The average Bonchev–Trinajstić information content (AvgIpc) is 2.85. The maximum Gasteiger partial charge on any atom is 0.336 e. The summed E-state index contributed by atoms with van der Waals surface area (Å²) in [6.07, 6.45) is 1.76. The fourth-order valence-electron chi connectivity index (χ4n) is 2.42.